The number of rotatable bonds is 5. The maximum absolute atomic E-state index is 11.4. The van der Waals surface area contributed by atoms with E-state index in [1.54, 1.807) is 12.3 Å². The Morgan fingerprint density at radius 2 is 2.29 bits per heavy atom. The molecule has 8 heteroatoms. The summed E-state index contributed by atoms with van der Waals surface area (Å²) in [4.78, 5) is 19.6. The van der Waals surface area contributed by atoms with Crippen molar-refractivity contribution in [2.45, 2.75) is 0 Å². The number of nitrogens with zero attached hydrogens (tertiary/aromatic N) is 2. The Balaban J connectivity index is 2.44. The Labute approximate surface area is 142 Å². The van der Waals surface area contributed by atoms with Gasteiger partial charge >= 0.3 is 143 Å². The summed E-state index contributed by atoms with van der Waals surface area (Å²) in [5, 5.41) is 2.90. The van der Waals surface area contributed by atoms with Crippen molar-refractivity contribution in [1.82, 2.24) is 9.97 Å². The molecule has 105 valence electrons. The second-order valence-electron chi connectivity index (χ2n) is 3.88. The molecule has 2 rings (SSSR count). The zero-order chi connectivity index (χ0) is 15.2. The summed E-state index contributed by atoms with van der Waals surface area (Å²) >= 11 is 8.31. The summed E-state index contributed by atoms with van der Waals surface area (Å²) in [5.74, 6) is -0.262. The van der Waals surface area contributed by atoms with Gasteiger partial charge < -0.3 is 0 Å². The summed E-state index contributed by atoms with van der Waals surface area (Å²) in [5.41, 5.74) is 3.02. The van der Waals surface area contributed by atoms with Crippen LogP contribution in [-0.4, -0.2) is 28.3 Å². The van der Waals surface area contributed by atoms with Crippen LogP contribution in [0, 0.1) is 0 Å². The van der Waals surface area contributed by atoms with E-state index in [0.29, 0.717) is 11.4 Å². The fraction of sp³-hybridized carbons (Fsp3) is 0. The van der Waals surface area contributed by atoms with Gasteiger partial charge in [-0.2, -0.15) is 0 Å². The molecule has 5 nitrogen and oxygen atoms in total. The van der Waals surface area contributed by atoms with Crippen molar-refractivity contribution >= 4 is 59.9 Å². The van der Waals surface area contributed by atoms with Gasteiger partial charge in [0.2, 0.25) is 0 Å². The standard InChI is InChI=1S/C13H10ClIN4O.Al/c1-2-11(20)17-9-5-3-4-8(6-9)12-10(19-15)7-16-13(14)18-12;/h2-7,19H,1H2,(H,17,20);. The number of carbonyl (C=O) groups excluding carboxylic acids is 1. The fourth-order valence-corrected chi connectivity index (χ4v) is 3.30. The van der Waals surface area contributed by atoms with E-state index < -0.39 is 0 Å². The summed E-state index contributed by atoms with van der Waals surface area (Å²) in [6.45, 7) is 3.43. The first-order valence-electron chi connectivity index (χ1n) is 5.79. The zero-order valence-electron chi connectivity index (χ0n) is 10.8. The van der Waals surface area contributed by atoms with Crippen molar-refractivity contribution in [1.29, 1.82) is 0 Å². The Hall–Kier alpha value is -1.14. The second-order valence-corrected chi connectivity index (χ2v) is 6.84. The van der Waals surface area contributed by atoms with E-state index in [2.05, 4.69) is 37.8 Å². The van der Waals surface area contributed by atoms with Crippen LogP contribution in [0.15, 0.2) is 43.1 Å². The number of anilines is 2. The molecule has 1 heterocycles. The van der Waals surface area contributed by atoms with E-state index in [9.17, 15) is 4.79 Å². The normalized spacial score (nSPS) is 9.90. The number of halogens is 2. The number of carbonyl (C=O) groups is 1. The van der Waals surface area contributed by atoms with Gasteiger partial charge in [-0.25, -0.2) is 0 Å². The Morgan fingerprint density at radius 1 is 1.48 bits per heavy atom. The van der Waals surface area contributed by atoms with Crippen LogP contribution >= 0.6 is 30.2 Å². The molecule has 0 bridgehead atoms. The van der Waals surface area contributed by atoms with Crippen molar-refractivity contribution in [2.24, 2.45) is 0 Å². The van der Waals surface area contributed by atoms with Crippen molar-refractivity contribution in [3.05, 3.63) is 48.4 Å². The molecule has 2 aromatic rings. The van der Waals surface area contributed by atoms with E-state index in [0.717, 1.165) is 11.3 Å². The van der Waals surface area contributed by atoms with Crippen LogP contribution in [0.25, 0.3) is 11.3 Å². The third-order valence-electron chi connectivity index (χ3n) is 2.50. The van der Waals surface area contributed by atoms with Crippen LogP contribution in [0.1, 0.15) is 0 Å². The van der Waals surface area contributed by atoms with E-state index in [1.165, 1.54) is 6.08 Å². The quantitative estimate of drug-likeness (QED) is 0.253. The number of nitrogens with one attached hydrogen (secondary N) is 2. The average Bonchev–Trinajstić information content (AvgIpc) is 2.49. The van der Waals surface area contributed by atoms with Crippen LogP contribution in [0.5, 0.6) is 0 Å². The Kier molecular flexibility index (Phi) is 5.99. The summed E-state index contributed by atoms with van der Waals surface area (Å²) in [6, 6.07) is 7.36. The summed E-state index contributed by atoms with van der Waals surface area (Å²) < 4.78 is 3.26. The average molecular weight is 428 g/mol. The minimum atomic E-state index is -0.262. The molecule has 2 N–H and O–H groups in total. The summed E-state index contributed by atoms with van der Waals surface area (Å²) in [6.07, 6.45) is 2.88. The van der Waals surface area contributed by atoms with Gasteiger partial charge in [0, 0.05) is 0 Å². The molecule has 0 fully saturated rings. The number of hydrogen-bond acceptors (Lipinski definition) is 4. The molecule has 1 aromatic heterocycles. The van der Waals surface area contributed by atoms with Gasteiger partial charge in [0.1, 0.15) is 0 Å². The molecule has 0 unspecified atom stereocenters. The third kappa shape index (κ3) is 4.41. The van der Waals surface area contributed by atoms with Gasteiger partial charge in [-0.1, -0.05) is 0 Å². The van der Waals surface area contributed by atoms with Crippen molar-refractivity contribution < 1.29 is 4.79 Å². The molecule has 0 aliphatic carbocycles. The van der Waals surface area contributed by atoms with Crippen LogP contribution < -0.4 is 8.85 Å². The van der Waals surface area contributed by atoms with Crippen molar-refractivity contribution in [3.8, 4) is 11.3 Å². The molecular formula is C13H10AlClIN4O. The maximum atomic E-state index is 11.4. The second kappa shape index (κ2) is 7.75. The molecule has 0 spiro atoms. The molecule has 1 amide bonds. The molecule has 1 aromatic carbocycles. The number of amides is 1. The van der Waals surface area contributed by atoms with Gasteiger partial charge in [0.15, 0.2) is 0 Å². The van der Waals surface area contributed by atoms with Crippen LogP contribution in [-0.2, 0) is 4.79 Å². The fourth-order valence-electron chi connectivity index (χ4n) is 1.65. The van der Waals surface area contributed by atoms with Crippen LogP contribution in [0.2, 0.25) is 5.28 Å². The van der Waals surface area contributed by atoms with E-state index in [1.807, 2.05) is 18.2 Å². The zero-order valence-corrected chi connectivity index (χ0v) is 14.9. The van der Waals surface area contributed by atoms with Gasteiger partial charge in [-0.05, 0) is 0 Å². The first-order valence-corrected chi connectivity index (χ1v) is 11.4. The van der Waals surface area contributed by atoms with E-state index in [-0.39, 0.29) is 29.8 Å². The molecule has 0 aliphatic rings. The van der Waals surface area contributed by atoms with Gasteiger partial charge in [-0.3, -0.25) is 0 Å². The van der Waals surface area contributed by atoms with Crippen molar-refractivity contribution in [2.75, 3.05) is 8.85 Å². The van der Waals surface area contributed by atoms with E-state index in [4.69, 9.17) is 11.6 Å². The van der Waals surface area contributed by atoms with E-state index >= 15 is 0 Å². The molecule has 21 heavy (non-hydrogen) atoms. The molecule has 0 saturated heterocycles. The van der Waals surface area contributed by atoms with Gasteiger partial charge in [-0.15, -0.1) is 0 Å². The number of benzene rings is 1. The van der Waals surface area contributed by atoms with Crippen LogP contribution in [0.3, 0.4) is 0 Å². The predicted molar refractivity (Wildman–Crippen MR) is 94.7 cm³/mol. The number of aromatic nitrogens is 2. The Morgan fingerprint density at radius 3 is 3.00 bits per heavy atom. The molecule has 0 saturated carbocycles. The van der Waals surface area contributed by atoms with Gasteiger partial charge in [0.05, 0.1) is 0 Å². The SMILES string of the molecule is C=CC(=O)Nc1cccc(-c2nc(Cl)ncc2N[I]=[Al])c1. The molecule has 1 radical (unpaired) electrons. The Bertz CT molecular complexity index is 710. The predicted octanol–water partition coefficient (Wildman–Crippen LogP) is 3.30. The molecule has 0 aliphatic heterocycles. The topological polar surface area (TPSA) is 66.9 Å². The van der Waals surface area contributed by atoms with Crippen molar-refractivity contribution in [3.63, 3.8) is 0 Å². The van der Waals surface area contributed by atoms with Gasteiger partial charge in [0.25, 0.3) is 0 Å². The number of hydrogen-bond donors (Lipinski definition) is 2. The summed E-state index contributed by atoms with van der Waals surface area (Å²) in [7, 11) is 0. The minimum absolute atomic E-state index is 0.179. The first-order chi connectivity index (χ1) is 10.1. The van der Waals surface area contributed by atoms with Crippen LogP contribution in [0.4, 0.5) is 11.4 Å². The monoisotopic (exact) mass is 427 g/mol. The molecule has 0 atom stereocenters. The molecular weight excluding hydrogens is 418 g/mol. The third-order valence-corrected chi connectivity index (χ3v) is 4.31. The first kappa shape index (κ1) is 16.2.